The van der Waals surface area contributed by atoms with Crippen LogP contribution >= 0.6 is 0 Å². The maximum atomic E-state index is 13.5. The average Bonchev–Trinajstić information content (AvgIpc) is 2.42. The fraction of sp³-hybridized carbons (Fsp3) is 0.333. The van der Waals surface area contributed by atoms with Crippen LogP contribution in [0.1, 0.15) is 35.4 Å². The topological polar surface area (TPSA) is 12.0 Å². The lowest BCUT2D eigenvalue weighted by atomic mass is 9.74. The number of benzene rings is 2. The molecule has 1 saturated carbocycles. The van der Waals surface area contributed by atoms with E-state index in [0.29, 0.717) is 24.1 Å². The van der Waals surface area contributed by atoms with E-state index < -0.39 is 0 Å². The molecule has 1 fully saturated rings. The quantitative estimate of drug-likeness (QED) is 0.883. The van der Waals surface area contributed by atoms with Crippen LogP contribution in [0.25, 0.3) is 0 Å². The molecule has 0 atom stereocenters. The summed E-state index contributed by atoms with van der Waals surface area (Å²) in [7, 11) is 0. The highest BCUT2D eigenvalue weighted by atomic mass is 19.1. The molecule has 1 aliphatic rings. The van der Waals surface area contributed by atoms with Crippen LogP contribution in [-0.2, 0) is 6.54 Å². The zero-order chi connectivity index (χ0) is 14.8. The second kappa shape index (κ2) is 5.94. The van der Waals surface area contributed by atoms with Crippen molar-refractivity contribution in [3.63, 3.8) is 0 Å². The molecule has 21 heavy (non-hydrogen) atoms. The summed E-state index contributed by atoms with van der Waals surface area (Å²) in [5, 5.41) is 3.32. The van der Waals surface area contributed by atoms with Gasteiger partial charge in [-0.1, -0.05) is 24.3 Å². The molecule has 1 aliphatic carbocycles. The molecule has 0 aliphatic heterocycles. The van der Waals surface area contributed by atoms with Crippen LogP contribution in [0.2, 0.25) is 0 Å². The monoisotopic (exact) mass is 287 g/mol. The molecule has 0 saturated heterocycles. The van der Waals surface area contributed by atoms with Crippen molar-refractivity contribution in [3.05, 3.63) is 70.8 Å². The number of hydrogen-bond donors (Lipinski definition) is 1. The minimum absolute atomic E-state index is 0.348. The Hall–Kier alpha value is -1.74. The van der Waals surface area contributed by atoms with Crippen molar-refractivity contribution in [1.29, 1.82) is 0 Å². The summed E-state index contributed by atoms with van der Waals surface area (Å²) in [6.07, 6.45) is 2.11. The fourth-order valence-electron chi connectivity index (χ4n) is 3.02. The molecule has 2 aromatic rings. The lowest BCUT2D eigenvalue weighted by Crippen LogP contribution is -2.40. The van der Waals surface area contributed by atoms with Crippen molar-refractivity contribution in [2.75, 3.05) is 0 Å². The molecule has 0 bridgehead atoms. The van der Waals surface area contributed by atoms with Crippen LogP contribution in [0.3, 0.4) is 0 Å². The van der Waals surface area contributed by atoms with E-state index in [1.54, 1.807) is 0 Å². The summed E-state index contributed by atoms with van der Waals surface area (Å²) in [4.78, 5) is 0. The third kappa shape index (κ3) is 3.13. The molecule has 0 unspecified atom stereocenters. The molecule has 3 rings (SSSR count). The number of halogens is 2. The smallest absolute Gasteiger partial charge is 0.127 e. The van der Waals surface area contributed by atoms with Gasteiger partial charge in [0.05, 0.1) is 0 Å². The first-order valence-corrected chi connectivity index (χ1v) is 7.36. The first-order chi connectivity index (χ1) is 10.1. The van der Waals surface area contributed by atoms with E-state index in [1.165, 1.54) is 23.3 Å². The predicted octanol–water partition coefficient (Wildman–Crippen LogP) is 4.31. The third-order valence-electron chi connectivity index (χ3n) is 4.36. The molecular weight excluding hydrogens is 268 g/mol. The van der Waals surface area contributed by atoms with Crippen LogP contribution in [0.4, 0.5) is 8.78 Å². The van der Waals surface area contributed by atoms with Gasteiger partial charge in [0.1, 0.15) is 11.6 Å². The maximum absolute atomic E-state index is 13.5. The van der Waals surface area contributed by atoms with Gasteiger partial charge in [0.15, 0.2) is 0 Å². The minimum Gasteiger partial charge on any atom is -0.310 e. The fourth-order valence-corrected chi connectivity index (χ4v) is 3.02. The molecule has 110 valence electrons. The summed E-state index contributed by atoms with van der Waals surface area (Å²) in [5.41, 5.74) is 3.14. The molecular formula is C18H19F2N. The molecule has 1 N–H and O–H groups in total. The number of rotatable bonds is 4. The van der Waals surface area contributed by atoms with Crippen molar-refractivity contribution >= 4 is 0 Å². The van der Waals surface area contributed by atoms with Gasteiger partial charge in [-0.3, -0.25) is 0 Å². The summed E-state index contributed by atoms with van der Waals surface area (Å²) in [6, 6.07) is 12.4. The summed E-state index contributed by atoms with van der Waals surface area (Å²) in [6.45, 7) is 2.52. The van der Waals surface area contributed by atoms with Gasteiger partial charge in [0.2, 0.25) is 0 Å². The molecule has 2 aromatic carbocycles. The SMILES string of the molecule is Cc1ccccc1C1CC(NCc2cc(F)ccc2F)C1. The van der Waals surface area contributed by atoms with Crippen molar-refractivity contribution in [1.82, 2.24) is 5.32 Å². The van der Waals surface area contributed by atoms with Crippen LogP contribution < -0.4 is 5.32 Å². The van der Waals surface area contributed by atoms with Crippen LogP contribution in [0.5, 0.6) is 0 Å². The lowest BCUT2D eigenvalue weighted by Gasteiger charge is -2.37. The maximum Gasteiger partial charge on any atom is 0.127 e. The Kier molecular flexibility index (Phi) is 4.02. The Balaban J connectivity index is 1.54. The third-order valence-corrected chi connectivity index (χ3v) is 4.36. The van der Waals surface area contributed by atoms with Crippen molar-refractivity contribution in [3.8, 4) is 0 Å². The Morgan fingerprint density at radius 2 is 1.86 bits per heavy atom. The summed E-state index contributed by atoms with van der Waals surface area (Å²) < 4.78 is 26.6. The predicted molar refractivity (Wildman–Crippen MR) is 80.1 cm³/mol. The first kappa shape index (κ1) is 14.2. The van der Waals surface area contributed by atoms with Crippen LogP contribution in [0.15, 0.2) is 42.5 Å². The van der Waals surface area contributed by atoms with Crippen molar-refractivity contribution in [2.45, 2.75) is 38.3 Å². The molecule has 0 amide bonds. The first-order valence-electron chi connectivity index (χ1n) is 7.36. The van der Waals surface area contributed by atoms with E-state index in [0.717, 1.165) is 18.9 Å². The Morgan fingerprint density at radius 1 is 1.10 bits per heavy atom. The van der Waals surface area contributed by atoms with Gasteiger partial charge in [-0.15, -0.1) is 0 Å². The van der Waals surface area contributed by atoms with Crippen LogP contribution in [-0.4, -0.2) is 6.04 Å². The minimum atomic E-state index is -0.389. The lowest BCUT2D eigenvalue weighted by molar-refractivity contribution is 0.287. The number of aryl methyl sites for hydroxylation is 1. The zero-order valence-corrected chi connectivity index (χ0v) is 12.1. The van der Waals surface area contributed by atoms with Crippen molar-refractivity contribution in [2.24, 2.45) is 0 Å². The standard InChI is InChI=1S/C18H19F2N/c1-12-4-2-3-5-17(12)13-9-16(10-13)21-11-14-8-15(19)6-7-18(14)20/h2-8,13,16,21H,9-11H2,1H3. The molecule has 3 heteroatoms. The van der Waals surface area contributed by atoms with Gasteiger partial charge in [0.25, 0.3) is 0 Å². The Morgan fingerprint density at radius 3 is 2.62 bits per heavy atom. The van der Waals surface area contributed by atoms with Gasteiger partial charge in [0, 0.05) is 18.2 Å². The van der Waals surface area contributed by atoms with E-state index in [-0.39, 0.29) is 11.6 Å². The van der Waals surface area contributed by atoms with Crippen molar-refractivity contribution < 1.29 is 8.78 Å². The van der Waals surface area contributed by atoms with E-state index >= 15 is 0 Å². The van der Waals surface area contributed by atoms with Gasteiger partial charge in [-0.2, -0.15) is 0 Å². The van der Waals surface area contributed by atoms with E-state index in [2.05, 4.69) is 36.5 Å². The van der Waals surface area contributed by atoms with Crippen LogP contribution in [0, 0.1) is 18.6 Å². The Bertz CT molecular complexity index is 633. The second-order valence-corrected chi connectivity index (χ2v) is 5.84. The zero-order valence-electron chi connectivity index (χ0n) is 12.1. The normalized spacial score (nSPS) is 21.1. The summed E-state index contributed by atoms with van der Waals surface area (Å²) in [5.74, 6) is -0.153. The molecule has 0 spiro atoms. The van der Waals surface area contributed by atoms with Gasteiger partial charge in [-0.25, -0.2) is 8.78 Å². The molecule has 1 nitrogen and oxygen atoms in total. The average molecular weight is 287 g/mol. The highest BCUT2D eigenvalue weighted by Crippen LogP contribution is 2.38. The highest BCUT2D eigenvalue weighted by molar-refractivity contribution is 5.31. The number of hydrogen-bond acceptors (Lipinski definition) is 1. The van der Waals surface area contributed by atoms with Gasteiger partial charge >= 0.3 is 0 Å². The van der Waals surface area contributed by atoms with Gasteiger partial charge < -0.3 is 5.32 Å². The Labute approximate surface area is 124 Å². The van der Waals surface area contributed by atoms with E-state index in [9.17, 15) is 8.78 Å². The van der Waals surface area contributed by atoms with E-state index in [1.807, 2.05) is 0 Å². The van der Waals surface area contributed by atoms with Gasteiger partial charge in [-0.05, 0) is 55.0 Å². The highest BCUT2D eigenvalue weighted by Gasteiger charge is 2.30. The molecule has 0 aromatic heterocycles. The summed E-state index contributed by atoms with van der Waals surface area (Å²) >= 11 is 0. The second-order valence-electron chi connectivity index (χ2n) is 5.84. The van der Waals surface area contributed by atoms with E-state index in [4.69, 9.17) is 0 Å². The number of nitrogens with one attached hydrogen (secondary N) is 1. The molecule has 0 heterocycles. The molecule has 0 radical (unpaired) electrons. The largest absolute Gasteiger partial charge is 0.310 e.